The Labute approximate surface area is 204 Å². The van der Waals surface area contributed by atoms with Crippen molar-refractivity contribution in [1.82, 2.24) is 19.8 Å². The van der Waals surface area contributed by atoms with Crippen LogP contribution >= 0.6 is 11.3 Å². The van der Waals surface area contributed by atoms with Crippen molar-refractivity contribution in [1.29, 1.82) is 0 Å². The quantitative estimate of drug-likeness (QED) is 0.514. The number of nitrogens with zero attached hydrogens (tertiary/aromatic N) is 3. The summed E-state index contributed by atoms with van der Waals surface area (Å²) in [4.78, 5) is 38.4. The van der Waals surface area contributed by atoms with Crippen molar-refractivity contribution in [2.75, 3.05) is 46.0 Å². The molecule has 1 atom stereocenters. The monoisotopic (exact) mass is 492 g/mol. The lowest BCUT2D eigenvalue weighted by Gasteiger charge is -2.36. The Kier molecular flexibility index (Phi) is 8.70. The molecule has 0 aromatic carbocycles. The number of rotatable bonds is 9. The number of esters is 1. The lowest BCUT2D eigenvalue weighted by atomic mass is 9.94. The molecule has 0 bridgehead atoms. The summed E-state index contributed by atoms with van der Waals surface area (Å²) in [6.07, 6.45) is 5.28. The number of aromatic nitrogens is 2. The van der Waals surface area contributed by atoms with E-state index in [0.717, 1.165) is 25.9 Å². The number of nitrogens with one attached hydrogen (secondary N) is 1. The Balaban J connectivity index is 1.54. The van der Waals surface area contributed by atoms with Gasteiger partial charge in [-0.15, -0.1) is 11.3 Å². The minimum absolute atomic E-state index is 0.234. The number of hydrogen-bond donors (Lipinski definition) is 2. The third-order valence-corrected chi connectivity index (χ3v) is 7.94. The van der Waals surface area contributed by atoms with E-state index in [2.05, 4.69) is 14.8 Å². The highest BCUT2D eigenvalue weighted by Crippen LogP contribution is 2.28. The number of hydrogen-bond acceptors (Lipinski definition) is 9. The van der Waals surface area contributed by atoms with Gasteiger partial charge in [0.2, 0.25) is 0 Å². The molecular formula is C24H36N4O5S. The summed E-state index contributed by atoms with van der Waals surface area (Å²) in [5.74, 6) is 0.150. The molecule has 2 aromatic heterocycles. The number of thiophene rings is 1. The molecule has 1 saturated carbocycles. The van der Waals surface area contributed by atoms with Crippen LogP contribution in [0.3, 0.4) is 0 Å². The predicted molar refractivity (Wildman–Crippen MR) is 131 cm³/mol. The Morgan fingerprint density at radius 2 is 2.06 bits per heavy atom. The molecule has 3 heterocycles. The van der Waals surface area contributed by atoms with Gasteiger partial charge in [0.15, 0.2) is 0 Å². The third kappa shape index (κ3) is 6.04. The zero-order valence-electron chi connectivity index (χ0n) is 20.2. The number of aromatic amines is 1. The van der Waals surface area contributed by atoms with Gasteiger partial charge >= 0.3 is 5.97 Å². The molecule has 2 aromatic rings. The minimum atomic E-state index is -0.491. The van der Waals surface area contributed by atoms with E-state index in [0.29, 0.717) is 65.4 Å². The summed E-state index contributed by atoms with van der Waals surface area (Å²) >= 11 is 1.21. The first-order valence-corrected chi connectivity index (χ1v) is 13.2. The number of fused-ring (bicyclic) bond motifs is 1. The lowest BCUT2D eigenvalue weighted by molar-refractivity contribution is -0.000667. The summed E-state index contributed by atoms with van der Waals surface area (Å²) in [5.41, 5.74) is 0.380. The van der Waals surface area contributed by atoms with Gasteiger partial charge in [-0.1, -0.05) is 19.3 Å². The number of aliphatic hydroxyl groups excluding tert-OH is 1. The first kappa shape index (κ1) is 25.2. The average Bonchev–Trinajstić information content (AvgIpc) is 3.17. The summed E-state index contributed by atoms with van der Waals surface area (Å²) in [5, 5.41) is 11.3. The molecule has 1 unspecified atom stereocenters. The van der Waals surface area contributed by atoms with Gasteiger partial charge in [-0.3, -0.25) is 14.6 Å². The zero-order chi connectivity index (χ0) is 24.1. The molecule has 1 aliphatic carbocycles. The van der Waals surface area contributed by atoms with Crippen molar-refractivity contribution >= 4 is 27.5 Å². The number of carbonyl (C=O) groups is 1. The second-order valence-electron chi connectivity index (χ2n) is 9.26. The summed E-state index contributed by atoms with van der Waals surface area (Å²) in [6, 6.07) is 0.356. The SMILES string of the molecule is CCOC(=O)c1sc2nc(CN(CC(O)CN3CCOCC3)C3CCCCC3)[nH]c(=O)c2c1C. The molecule has 34 heavy (non-hydrogen) atoms. The van der Waals surface area contributed by atoms with Gasteiger partial charge in [-0.25, -0.2) is 9.78 Å². The smallest absolute Gasteiger partial charge is 0.348 e. The molecule has 188 valence electrons. The number of ether oxygens (including phenoxy) is 2. The standard InChI is InChI=1S/C24H36N4O5S/c1-3-33-24(31)21-16(2)20-22(30)25-19(26-23(20)34-21)15-28(17-7-5-4-6-8-17)14-18(29)13-27-9-11-32-12-10-27/h17-18,29H,3-15H2,1-2H3,(H,25,26,30). The van der Waals surface area contributed by atoms with E-state index in [1.165, 1.54) is 30.6 Å². The highest BCUT2D eigenvalue weighted by atomic mass is 32.1. The van der Waals surface area contributed by atoms with Crippen molar-refractivity contribution < 1.29 is 19.4 Å². The van der Waals surface area contributed by atoms with E-state index in [1.807, 2.05) is 0 Å². The molecule has 2 N–H and O–H groups in total. The fourth-order valence-electron chi connectivity index (χ4n) is 5.05. The van der Waals surface area contributed by atoms with Gasteiger partial charge in [0.05, 0.1) is 37.9 Å². The minimum Gasteiger partial charge on any atom is -0.462 e. The number of β-amino-alcohol motifs (C(OH)–C–C–N with tert-alkyl or cyclic N) is 1. The topological polar surface area (TPSA) is 108 Å². The maximum Gasteiger partial charge on any atom is 0.348 e. The largest absolute Gasteiger partial charge is 0.462 e. The predicted octanol–water partition coefficient (Wildman–Crippen LogP) is 2.30. The molecule has 0 amide bonds. The van der Waals surface area contributed by atoms with E-state index in [1.54, 1.807) is 13.8 Å². The Bertz CT molecular complexity index is 1030. The van der Waals surface area contributed by atoms with Crippen LogP contribution in [-0.2, 0) is 16.0 Å². The van der Waals surface area contributed by atoms with E-state index >= 15 is 0 Å². The van der Waals surface area contributed by atoms with Gasteiger partial charge in [0.1, 0.15) is 15.5 Å². The molecule has 9 nitrogen and oxygen atoms in total. The van der Waals surface area contributed by atoms with Crippen molar-refractivity contribution in [2.24, 2.45) is 0 Å². The number of aliphatic hydroxyl groups is 1. The maximum atomic E-state index is 12.9. The number of carbonyl (C=O) groups excluding carboxylic acids is 1. The van der Waals surface area contributed by atoms with Crippen molar-refractivity contribution in [3.05, 3.63) is 26.6 Å². The van der Waals surface area contributed by atoms with Crippen LogP contribution in [0.2, 0.25) is 0 Å². The molecule has 1 aliphatic heterocycles. The van der Waals surface area contributed by atoms with Gasteiger partial charge in [0.25, 0.3) is 5.56 Å². The van der Waals surface area contributed by atoms with E-state index in [4.69, 9.17) is 14.5 Å². The Morgan fingerprint density at radius 1 is 1.32 bits per heavy atom. The summed E-state index contributed by atoms with van der Waals surface area (Å²) in [7, 11) is 0. The second kappa shape index (κ2) is 11.7. The number of aryl methyl sites for hydroxylation is 1. The fourth-order valence-corrected chi connectivity index (χ4v) is 6.14. The van der Waals surface area contributed by atoms with E-state index < -0.39 is 12.1 Å². The van der Waals surface area contributed by atoms with Gasteiger partial charge in [-0.2, -0.15) is 0 Å². The normalized spacial score (nSPS) is 19.1. The van der Waals surface area contributed by atoms with Crippen LogP contribution in [0.25, 0.3) is 10.2 Å². The van der Waals surface area contributed by atoms with Crippen molar-refractivity contribution in [3.63, 3.8) is 0 Å². The van der Waals surface area contributed by atoms with Crippen molar-refractivity contribution in [2.45, 2.75) is 64.6 Å². The molecule has 0 radical (unpaired) electrons. The fraction of sp³-hybridized carbons (Fsp3) is 0.708. The highest BCUT2D eigenvalue weighted by Gasteiger charge is 2.26. The van der Waals surface area contributed by atoms with Crippen LogP contribution in [0.5, 0.6) is 0 Å². The molecule has 0 spiro atoms. The zero-order valence-corrected chi connectivity index (χ0v) is 21.0. The van der Waals surface area contributed by atoms with Crippen LogP contribution in [0.15, 0.2) is 4.79 Å². The van der Waals surface area contributed by atoms with Gasteiger partial charge in [0, 0.05) is 32.2 Å². The number of H-pyrrole nitrogens is 1. The summed E-state index contributed by atoms with van der Waals surface area (Å²) < 4.78 is 10.6. The van der Waals surface area contributed by atoms with Crippen molar-refractivity contribution in [3.8, 4) is 0 Å². The Hall–Kier alpha value is -1.85. The van der Waals surface area contributed by atoms with Gasteiger partial charge < -0.3 is 19.6 Å². The van der Waals surface area contributed by atoms with E-state index in [-0.39, 0.29) is 12.2 Å². The average molecular weight is 493 g/mol. The molecular weight excluding hydrogens is 456 g/mol. The lowest BCUT2D eigenvalue weighted by Crippen LogP contribution is -2.47. The number of morpholine rings is 1. The van der Waals surface area contributed by atoms with Gasteiger partial charge in [-0.05, 0) is 32.3 Å². The molecule has 10 heteroatoms. The first-order chi connectivity index (χ1) is 16.5. The maximum absolute atomic E-state index is 12.9. The van der Waals surface area contributed by atoms with Crippen LogP contribution in [0, 0.1) is 6.92 Å². The van der Waals surface area contributed by atoms with Crippen LogP contribution in [0.1, 0.15) is 60.1 Å². The summed E-state index contributed by atoms with van der Waals surface area (Å²) in [6.45, 7) is 8.50. The first-order valence-electron chi connectivity index (χ1n) is 12.4. The molecule has 2 aliphatic rings. The molecule has 4 rings (SSSR count). The van der Waals surface area contributed by atoms with Crippen LogP contribution in [-0.4, -0.2) is 89.0 Å². The van der Waals surface area contributed by atoms with Crippen LogP contribution < -0.4 is 5.56 Å². The molecule has 2 fully saturated rings. The van der Waals surface area contributed by atoms with Crippen LogP contribution in [0.4, 0.5) is 0 Å². The van der Waals surface area contributed by atoms with E-state index in [9.17, 15) is 14.7 Å². The third-order valence-electron chi connectivity index (χ3n) is 6.77. The highest BCUT2D eigenvalue weighted by molar-refractivity contribution is 7.20. The Morgan fingerprint density at radius 3 is 2.76 bits per heavy atom. The second-order valence-corrected chi connectivity index (χ2v) is 10.3. The molecule has 1 saturated heterocycles.